The maximum atomic E-state index is 14.5. The summed E-state index contributed by atoms with van der Waals surface area (Å²) in [5.74, 6) is -1.38. The molecule has 51 heavy (non-hydrogen) atoms. The first-order valence-electron chi connectivity index (χ1n) is 16.3. The minimum absolute atomic E-state index is 0.0162. The van der Waals surface area contributed by atoms with Crippen molar-refractivity contribution in [1.82, 2.24) is 30.1 Å². The molecule has 4 aromatic rings. The van der Waals surface area contributed by atoms with Crippen molar-refractivity contribution in [2.75, 3.05) is 18.0 Å². The van der Waals surface area contributed by atoms with Crippen molar-refractivity contribution in [2.24, 2.45) is 0 Å². The zero-order chi connectivity index (χ0) is 36.1. The molecule has 1 atom stereocenters. The van der Waals surface area contributed by atoms with Crippen molar-refractivity contribution in [2.45, 2.75) is 55.6 Å². The zero-order valence-electron chi connectivity index (χ0n) is 27.4. The van der Waals surface area contributed by atoms with E-state index < -0.39 is 40.4 Å². The summed E-state index contributed by atoms with van der Waals surface area (Å²) in [6.07, 6.45) is 3.37. The maximum absolute atomic E-state index is 14.5. The van der Waals surface area contributed by atoms with Gasteiger partial charge in [-0.2, -0.15) is 5.26 Å². The topological polar surface area (TPSA) is 174 Å². The number of carbonyl (C=O) groups excluding carboxylic acids is 3. The molecule has 7 rings (SSSR count). The highest BCUT2D eigenvalue weighted by Crippen LogP contribution is 2.46. The van der Waals surface area contributed by atoms with Crippen molar-refractivity contribution < 1.29 is 24.3 Å². The van der Waals surface area contributed by atoms with E-state index in [2.05, 4.69) is 26.7 Å². The van der Waals surface area contributed by atoms with E-state index in [0.717, 1.165) is 5.56 Å². The summed E-state index contributed by atoms with van der Waals surface area (Å²) in [5.41, 5.74) is -1.33. The Morgan fingerprint density at radius 3 is 2.24 bits per heavy atom. The number of anilines is 2. The minimum atomic E-state index is -1.48. The molecule has 2 fully saturated rings. The monoisotopic (exact) mass is 726 g/mol. The average Bonchev–Trinajstić information content (AvgIpc) is 3.70. The summed E-state index contributed by atoms with van der Waals surface area (Å²) in [7, 11) is 0. The van der Waals surface area contributed by atoms with E-state index in [1.807, 2.05) is 12.1 Å². The van der Waals surface area contributed by atoms with Crippen LogP contribution in [0.3, 0.4) is 0 Å². The third-order valence-corrected chi connectivity index (χ3v) is 10.4. The van der Waals surface area contributed by atoms with Crippen LogP contribution in [-0.2, 0) is 27.1 Å². The number of halogens is 2. The number of amides is 4. The second-order valence-electron chi connectivity index (χ2n) is 13.4. The number of likely N-dealkylation sites (tertiary alicyclic amines) is 1. The SMILES string of the molecule is C[C@@]1(Cc2ccc(C#N)cc2)C(=O)N(c2cc(Cl)cc(Cl)c2)c2ncc(C(=O)NC3(C(=O)NC4(c5ccccn5)CC4)CCN(C(=O)O)CC3)n21. The van der Waals surface area contributed by atoms with E-state index in [1.165, 1.54) is 22.1 Å². The van der Waals surface area contributed by atoms with Crippen LogP contribution in [0.25, 0.3) is 0 Å². The van der Waals surface area contributed by atoms with E-state index in [-0.39, 0.29) is 44.0 Å². The molecule has 2 aliphatic heterocycles. The molecule has 0 spiro atoms. The van der Waals surface area contributed by atoms with Crippen LogP contribution in [-0.4, -0.2) is 67.0 Å². The number of pyridine rings is 1. The number of benzene rings is 2. The zero-order valence-corrected chi connectivity index (χ0v) is 28.9. The van der Waals surface area contributed by atoms with Gasteiger partial charge in [0.2, 0.25) is 11.9 Å². The van der Waals surface area contributed by atoms with E-state index in [4.69, 9.17) is 23.2 Å². The number of hydrogen-bond acceptors (Lipinski definition) is 7. The number of fused-ring (bicyclic) bond motifs is 1. The molecule has 15 heteroatoms. The van der Waals surface area contributed by atoms with Gasteiger partial charge in [-0.05, 0) is 80.6 Å². The molecule has 1 saturated carbocycles. The van der Waals surface area contributed by atoms with Gasteiger partial charge in [0.05, 0.1) is 34.7 Å². The highest BCUT2D eigenvalue weighted by atomic mass is 35.5. The standard InChI is InChI=1S/C36H32Cl2N8O5/c1-34(19-22-5-7-23(20-39)8-6-22)31(49)45(26-17-24(37)16-25(38)18-26)32-41-21-27(46(32)34)29(47)42-36(11-14-44(15-12-36)33(50)51)30(48)43-35(9-10-35)28-4-2-3-13-40-28/h2-8,13,16-18,21H,9-12,14-15,19H2,1H3,(H,42,47)(H,43,48)(H,50,51)/t34-/m1/s1. The van der Waals surface area contributed by atoms with Crippen LogP contribution in [0.15, 0.2) is 73.1 Å². The summed E-state index contributed by atoms with van der Waals surface area (Å²) < 4.78 is 1.55. The van der Waals surface area contributed by atoms with Crippen LogP contribution in [0.4, 0.5) is 16.4 Å². The molecule has 1 saturated heterocycles. The summed E-state index contributed by atoms with van der Waals surface area (Å²) in [4.78, 5) is 66.6. The average molecular weight is 728 g/mol. The number of nitrogens with zero attached hydrogens (tertiary/aromatic N) is 6. The molecule has 260 valence electrons. The van der Waals surface area contributed by atoms with Gasteiger partial charge in [0.15, 0.2) is 0 Å². The number of nitriles is 1. The van der Waals surface area contributed by atoms with Gasteiger partial charge in [0.1, 0.15) is 16.8 Å². The third kappa shape index (κ3) is 6.04. The van der Waals surface area contributed by atoms with Crippen molar-refractivity contribution >= 4 is 58.7 Å². The predicted molar refractivity (Wildman–Crippen MR) is 187 cm³/mol. The lowest BCUT2D eigenvalue weighted by Gasteiger charge is -2.41. The molecule has 0 radical (unpaired) electrons. The number of carboxylic acid groups (broad SMARTS) is 1. The normalized spacial score (nSPS) is 19.9. The highest BCUT2D eigenvalue weighted by molar-refractivity contribution is 6.35. The van der Waals surface area contributed by atoms with E-state index in [1.54, 1.807) is 60.2 Å². The minimum Gasteiger partial charge on any atom is -0.465 e. The Bertz CT molecular complexity index is 2080. The van der Waals surface area contributed by atoms with Gasteiger partial charge in [-0.1, -0.05) is 41.4 Å². The number of rotatable bonds is 8. The first-order valence-corrected chi connectivity index (χ1v) is 17.1. The van der Waals surface area contributed by atoms with Crippen LogP contribution in [0.5, 0.6) is 0 Å². The van der Waals surface area contributed by atoms with Crippen LogP contribution < -0.4 is 15.5 Å². The summed E-state index contributed by atoms with van der Waals surface area (Å²) in [6.45, 7) is 1.73. The van der Waals surface area contributed by atoms with Crippen LogP contribution in [0, 0.1) is 11.3 Å². The van der Waals surface area contributed by atoms with Gasteiger partial charge in [0, 0.05) is 35.8 Å². The quantitative estimate of drug-likeness (QED) is 0.224. The number of hydrogen-bond donors (Lipinski definition) is 3. The van der Waals surface area contributed by atoms with Crippen molar-refractivity contribution in [3.63, 3.8) is 0 Å². The molecule has 3 N–H and O–H groups in total. The summed E-state index contributed by atoms with van der Waals surface area (Å²) in [5, 5.41) is 25.7. The van der Waals surface area contributed by atoms with E-state index >= 15 is 0 Å². The van der Waals surface area contributed by atoms with Gasteiger partial charge in [-0.15, -0.1) is 0 Å². The molecule has 1 aliphatic carbocycles. The van der Waals surface area contributed by atoms with E-state index in [9.17, 15) is 29.5 Å². The Morgan fingerprint density at radius 2 is 1.65 bits per heavy atom. The number of carbonyl (C=O) groups is 4. The Labute approximate surface area is 302 Å². The second-order valence-corrected chi connectivity index (χ2v) is 14.2. The molecule has 3 aliphatic rings. The lowest BCUT2D eigenvalue weighted by molar-refractivity contribution is -0.130. The molecule has 13 nitrogen and oxygen atoms in total. The first kappa shape index (κ1) is 34.0. The molecule has 4 amide bonds. The number of imidazole rings is 1. The predicted octanol–water partition coefficient (Wildman–Crippen LogP) is 5.14. The Morgan fingerprint density at radius 1 is 0.961 bits per heavy atom. The number of nitrogens with one attached hydrogen (secondary N) is 2. The second kappa shape index (κ2) is 12.7. The molecular weight excluding hydrogens is 695 g/mol. The third-order valence-electron chi connectivity index (χ3n) is 10.0. The Hall–Kier alpha value is -5.45. The fourth-order valence-electron chi connectivity index (χ4n) is 7.05. The first-order chi connectivity index (χ1) is 24.4. The number of aromatic nitrogens is 3. The van der Waals surface area contributed by atoms with Crippen LogP contribution >= 0.6 is 23.2 Å². The fraction of sp³-hybridized carbons (Fsp3) is 0.306. The molecular formula is C36H32Cl2N8O5. The Kier molecular flexibility index (Phi) is 8.47. The molecule has 0 unspecified atom stereocenters. The molecule has 2 aromatic heterocycles. The van der Waals surface area contributed by atoms with Crippen molar-refractivity contribution in [3.8, 4) is 6.07 Å². The van der Waals surface area contributed by atoms with Crippen molar-refractivity contribution in [3.05, 3.63) is 106 Å². The molecule has 0 bridgehead atoms. The van der Waals surface area contributed by atoms with Gasteiger partial charge in [-0.3, -0.25) is 23.9 Å². The Balaban J connectivity index is 1.27. The molecule has 2 aromatic carbocycles. The van der Waals surface area contributed by atoms with Gasteiger partial charge in [-0.25, -0.2) is 14.7 Å². The summed E-state index contributed by atoms with van der Waals surface area (Å²) >= 11 is 12.7. The van der Waals surface area contributed by atoms with Gasteiger partial charge < -0.3 is 20.6 Å². The van der Waals surface area contributed by atoms with Crippen LogP contribution in [0.1, 0.15) is 59.9 Å². The number of piperidine rings is 1. The molecule has 4 heterocycles. The largest absolute Gasteiger partial charge is 0.465 e. The highest BCUT2D eigenvalue weighted by Gasteiger charge is 2.54. The summed E-state index contributed by atoms with van der Waals surface area (Å²) in [6, 6.07) is 19.0. The van der Waals surface area contributed by atoms with E-state index in [0.29, 0.717) is 39.8 Å². The van der Waals surface area contributed by atoms with Gasteiger partial charge in [0.25, 0.3) is 11.8 Å². The lowest BCUT2D eigenvalue weighted by Crippen LogP contribution is -2.65. The maximum Gasteiger partial charge on any atom is 0.407 e. The fourth-order valence-corrected chi connectivity index (χ4v) is 7.56. The van der Waals surface area contributed by atoms with Crippen LogP contribution in [0.2, 0.25) is 10.0 Å². The van der Waals surface area contributed by atoms with Crippen molar-refractivity contribution in [1.29, 1.82) is 5.26 Å². The lowest BCUT2D eigenvalue weighted by atomic mass is 9.85. The smallest absolute Gasteiger partial charge is 0.407 e. The van der Waals surface area contributed by atoms with Gasteiger partial charge >= 0.3 is 6.09 Å².